The molecule has 2 aromatic rings. The van der Waals surface area contributed by atoms with E-state index in [4.69, 9.17) is 29.4 Å². The molecule has 104 heavy (non-hydrogen) atoms. The Balaban J connectivity index is 1.45. The summed E-state index contributed by atoms with van der Waals surface area (Å²) in [5, 5.41) is 21.7. The number of fused-ring (bicyclic) bond motifs is 1. The summed E-state index contributed by atoms with van der Waals surface area (Å²) in [6.07, 6.45) is 38.4. The highest BCUT2D eigenvalue weighted by Gasteiger charge is 2.46. The first kappa shape index (κ1) is 93.7. The molecule has 604 valence electrons. The quantitative estimate of drug-likeness (QED) is 0.0234. The molecule has 2 aromatic heterocycles. The molecule has 0 spiro atoms. The Kier molecular flexibility index (Phi) is 53.6. The van der Waals surface area contributed by atoms with Gasteiger partial charge in [0.1, 0.15) is 43.2 Å². The number of esters is 4. The van der Waals surface area contributed by atoms with E-state index in [0.717, 1.165) is 231 Å². The zero-order chi connectivity index (χ0) is 76.0. The summed E-state index contributed by atoms with van der Waals surface area (Å²) in [6, 6.07) is 0. The van der Waals surface area contributed by atoms with E-state index >= 15 is 0 Å². The normalized spacial score (nSPS) is 16.4. The Morgan fingerprint density at radius 3 is 1.13 bits per heavy atom. The number of aliphatic hydroxyl groups is 2. The first-order chi connectivity index (χ1) is 50.4. The topological polar surface area (TPSA) is 281 Å². The number of hydrogen-bond acceptors (Lipinski definition) is 20. The first-order valence-corrected chi connectivity index (χ1v) is 42.1. The second-order valence-electron chi connectivity index (χ2n) is 30.3. The Morgan fingerprint density at radius 2 is 0.769 bits per heavy atom. The van der Waals surface area contributed by atoms with Crippen molar-refractivity contribution in [1.29, 1.82) is 0 Å². The van der Waals surface area contributed by atoms with E-state index in [2.05, 4.69) is 102 Å². The van der Waals surface area contributed by atoms with Crippen molar-refractivity contribution in [2.24, 2.45) is 0 Å². The van der Waals surface area contributed by atoms with E-state index < -0.39 is 41.8 Å². The minimum absolute atomic E-state index is 0.0244. The number of carbonyl (C=O) groups excluding carboxylic acids is 4. The number of aromatic nitrogens is 4. The predicted molar refractivity (Wildman–Crippen MR) is 420 cm³/mol. The molecule has 1 aliphatic rings. The number of nitrogens with zero attached hydrogens (tertiary/aromatic N) is 7. The molecule has 3 unspecified atom stereocenters. The molecule has 7 atom stereocenters. The molecule has 0 radical (unpaired) electrons. The van der Waals surface area contributed by atoms with Gasteiger partial charge in [-0.2, -0.15) is 4.98 Å². The molecular formula is C81H152N10O13. The van der Waals surface area contributed by atoms with Crippen LogP contribution in [0.3, 0.4) is 0 Å². The fraction of sp³-hybridized carbons (Fsp3) is 0.889. The van der Waals surface area contributed by atoms with Gasteiger partial charge in [0.05, 0.1) is 0 Å². The van der Waals surface area contributed by atoms with Gasteiger partial charge in [-0.25, -0.2) is 9.36 Å². The fourth-order valence-corrected chi connectivity index (χ4v) is 13.8. The second kappa shape index (κ2) is 59.5. The lowest BCUT2D eigenvalue weighted by Gasteiger charge is -2.28. The molecule has 0 aromatic carbocycles. The average molecular weight is 1470 g/mol. The Hall–Kier alpha value is -4.49. The smallest absolute Gasteiger partial charge is 0.330 e. The van der Waals surface area contributed by atoms with Gasteiger partial charge in [0, 0.05) is 78.0 Å². The third-order valence-corrected chi connectivity index (χ3v) is 21.0. The van der Waals surface area contributed by atoms with Gasteiger partial charge in [-0.05, 0) is 156 Å². The van der Waals surface area contributed by atoms with Gasteiger partial charge in [-0.3, -0.25) is 33.9 Å². The molecule has 0 amide bonds. The molecular weight excluding hydrogens is 1320 g/mol. The highest BCUT2D eigenvalue weighted by atomic mass is 16.6. The van der Waals surface area contributed by atoms with Crippen molar-refractivity contribution in [3.05, 3.63) is 20.8 Å². The maximum absolute atomic E-state index is 13.0. The minimum Gasteiger partial charge on any atom is -0.463 e. The van der Waals surface area contributed by atoms with E-state index in [-0.39, 0.29) is 66.4 Å². The van der Waals surface area contributed by atoms with E-state index in [9.17, 15) is 39.0 Å². The molecule has 23 nitrogen and oxygen atoms in total. The number of ether oxygens (including phenoxy) is 5. The summed E-state index contributed by atoms with van der Waals surface area (Å²) in [5.74, 6) is -0.802. The Labute approximate surface area is 628 Å². The van der Waals surface area contributed by atoms with Crippen LogP contribution in [0.4, 0.5) is 5.95 Å². The van der Waals surface area contributed by atoms with Crippen molar-refractivity contribution in [3.63, 3.8) is 0 Å². The van der Waals surface area contributed by atoms with Crippen LogP contribution in [0.2, 0.25) is 0 Å². The van der Waals surface area contributed by atoms with Crippen LogP contribution in [0.5, 0.6) is 0 Å². The number of nitrogen functional groups attached to an aromatic ring is 1. The molecule has 1 aliphatic heterocycles. The SMILES string of the molecule is CCCCCCC(CC)OC(=O)CCCCCCCCN(CCCCCCCCC(=O)OC(CC)CCCCCC)CCN(C)CCN(C)CCN(C)CCN(CCCCCCCCC(=O)OC(CC)CCCCCC)CCCCCC(=O)OC[C@@H]1O[C@H](n2c(=O)[nH]c3c(=O)[nH]c(N)nc32)[C@H](O)[C@@H]1O. The summed E-state index contributed by atoms with van der Waals surface area (Å²) < 4.78 is 29.8. The zero-order valence-electron chi connectivity index (χ0n) is 67.2. The average Bonchev–Trinajstić information content (AvgIpc) is 1.61. The number of aromatic amines is 2. The van der Waals surface area contributed by atoms with Gasteiger partial charge in [-0.15, -0.1) is 0 Å². The molecule has 6 N–H and O–H groups in total. The highest BCUT2D eigenvalue weighted by Crippen LogP contribution is 2.31. The molecule has 3 rings (SSSR count). The Bertz CT molecular complexity index is 2570. The summed E-state index contributed by atoms with van der Waals surface area (Å²) in [6.45, 7) is 24.7. The van der Waals surface area contributed by atoms with Crippen LogP contribution in [0.1, 0.15) is 324 Å². The molecule has 23 heteroatoms. The molecule has 0 aliphatic carbocycles. The lowest BCUT2D eigenvalue weighted by atomic mass is 10.1. The monoisotopic (exact) mass is 1470 g/mol. The number of carbonyl (C=O) groups is 4. The van der Waals surface area contributed by atoms with Crippen LogP contribution >= 0.6 is 0 Å². The van der Waals surface area contributed by atoms with Crippen molar-refractivity contribution in [2.75, 3.05) is 112 Å². The molecule has 3 heterocycles. The van der Waals surface area contributed by atoms with Crippen LogP contribution in [0, 0.1) is 0 Å². The molecule has 0 saturated carbocycles. The fourth-order valence-electron chi connectivity index (χ4n) is 13.8. The third-order valence-electron chi connectivity index (χ3n) is 21.0. The van der Waals surface area contributed by atoms with Gasteiger partial charge in [0.15, 0.2) is 17.4 Å². The molecule has 1 saturated heterocycles. The van der Waals surface area contributed by atoms with Crippen LogP contribution in [-0.4, -0.2) is 221 Å². The second-order valence-corrected chi connectivity index (χ2v) is 30.3. The van der Waals surface area contributed by atoms with Crippen LogP contribution < -0.4 is 17.0 Å². The Morgan fingerprint density at radius 1 is 0.442 bits per heavy atom. The number of H-pyrrole nitrogens is 2. The van der Waals surface area contributed by atoms with Crippen molar-refractivity contribution in [1.82, 2.24) is 44.0 Å². The van der Waals surface area contributed by atoms with Crippen molar-refractivity contribution >= 4 is 41.0 Å². The number of nitrogens with two attached hydrogens (primary N) is 1. The van der Waals surface area contributed by atoms with Crippen molar-refractivity contribution < 1.29 is 53.1 Å². The summed E-state index contributed by atoms with van der Waals surface area (Å²) in [5.41, 5.74) is 3.96. The van der Waals surface area contributed by atoms with Crippen LogP contribution in [0.15, 0.2) is 9.59 Å². The van der Waals surface area contributed by atoms with Gasteiger partial charge >= 0.3 is 29.6 Å². The first-order valence-electron chi connectivity index (χ1n) is 42.1. The van der Waals surface area contributed by atoms with E-state index in [1.165, 1.54) is 96.3 Å². The molecule has 0 bridgehead atoms. The van der Waals surface area contributed by atoms with Gasteiger partial charge < -0.3 is 64.1 Å². The maximum atomic E-state index is 13.0. The lowest BCUT2D eigenvalue weighted by Crippen LogP contribution is -2.40. The van der Waals surface area contributed by atoms with Crippen molar-refractivity contribution in [3.8, 4) is 0 Å². The number of nitrogens with one attached hydrogen (secondary N) is 2. The highest BCUT2D eigenvalue weighted by molar-refractivity contribution is 5.71. The standard InChI is InChI=1S/C81H152N10O13/c1-10-16-19-35-46-66(13-4)101-71(93)50-38-28-22-25-31-42-53-89(54-43-32-26-23-29-39-51-72(94)102-67(14-5)47-36-20-17-11-2)63-61-87(8)59-57-86(7)58-60-88(9)62-64-90(55-44-33-27-24-30-40-52-73(95)103-68(15-6)48-37-21-18-12-3)56-45-34-41-49-70(92)100-65-69-75(96)76(97)79(104-69)91-77-74(83-81(91)99)78(98)85-80(82)84-77/h66-69,75-76,79,96-97H,10-65H2,1-9H3,(H,83,99)(H3,82,84,85,98)/t66?,67?,68?,69-,75+,76+,79-/m0/s1. The van der Waals surface area contributed by atoms with E-state index in [1.807, 2.05) is 0 Å². The van der Waals surface area contributed by atoms with Gasteiger partial charge in [0.25, 0.3) is 5.56 Å². The van der Waals surface area contributed by atoms with E-state index in [0.29, 0.717) is 25.7 Å². The zero-order valence-corrected chi connectivity index (χ0v) is 67.2. The van der Waals surface area contributed by atoms with Gasteiger partial charge in [-0.1, -0.05) is 183 Å². The number of likely N-dealkylation sites (N-methyl/N-ethyl adjacent to an activating group) is 3. The molecule has 1 fully saturated rings. The minimum atomic E-state index is -1.58. The number of hydrogen-bond donors (Lipinski definition) is 5. The van der Waals surface area contributed by atoms with Gasteiger partial charge in [0.2, 0.25) is 5.95 Å². The maximum Gasteiger partial charge on any atom is 0.330 e. The number of rotatable bonds is 69. The summed E-state index contributed by atoms with van der Waals surface area (Å²) in [7, 11) is 6.71. The van der Waals surface area contributed by atoms with Crippen molar-refractivity contribution in [2.45, 2.75) is 360 Å². The van der Waals surface area contributed by atoms with Crippen LogP contribution in [-0.2, 0) is 42.9 Å². The van der Waals surface area contributed by atoms with Crippen LogP contribution in [0.25, 0.3) is 11.2 Å². The van der Waals surface area contributed by atoms with E-state index in [1.54, 1.807) is 0 Å². The summed E-state index contributed by atoms with van der Waals surface area (Å²) in [4.78, 5) is 97.4. The number of unbranched alkanes of at least 4 members (excludes halogenated alkanes) is 26. The number of anilines is 1. The number of imidazole rings is 1. The number of aliphatic hydroxyl groups excluding tert-OH is 2. The largest absolute Gasteiger partial charge is 0.463 e. The lowest BCUT2D eigenvalue weighted by molar-refractivity contribution is -0.151. The third kappa shape index (κ3) is 42.9. The summed E-state index contributed by atoms with van der Waals surface area (Å²) >= 11 is 0. The predicted octanol–water partition coefficient (Wildman–Crippen LogP) is 14.2.